The molecule has 0 saturated heterocycles. The molecule has 1 heterocycles. The van der Waals surface area contributed by atoms with E-state index in [2.05, 4.69) is 4.98 Å². The predicted molar refractivity (Wildman–Crippen MR) is 46.2 cm³/mol. The molecule has 0 aliphatic rings. The Morgan fingerprint density at radius 2 is 2.21 bits per heavy atom. The van der Waals surface area contributed by atoms with Crippen molar-refractivity contribution in [2.24, 2.45) is 5.73 Å². The number of nitrogens with two attached hydrogens (primary N) is 2. The molecule has 0 aromatic carbocycles. The number of aromatic nitrogens is 1. The van der Waals surface area contributed by atoms with E-state index in [-0.39, 0.29) is 23.6 Å². The van der Waals surface area contributed by atoms with Crippen molar-refractivity contribution in [2.45, 2.75) is 13.0 Å². The van der Waals surface area contributed by atoms with E-state index in [1.165, 1.54) is 0 Å². The summed E-state index contributed by atoms with van der Waals surface area (Å²) in [7, 11) is 0. The minimum absolute atomic E-state index is 0.00336. The van der Waals surface area contributed by atoms with Crippen molar-refractivity contribution in [1.29, 1.82) is 5.26 Å². The highest BCUT2D eigenvalue weighted by atomic mass is 19.3. The fourth-order valence-corrected chi connectivity index (χ4v) is 1.01. The average Bonchev–Trinajstić information content (AvgIpc) is 2.16. The Bertz CT molecular complexity index is 384. The zero-order valence-corrected chi connectivity index (χ0v) is 7.17. The first kappa shape index (κ1) is 10.3. The molecule has 0 saturated carbocycles. The van der Waals surface area contributed by atoms with Crippen LogP contribution >= 0.6 is 0 Å². The van der Waals surface area contributed by atoms with Gasteiger partial charge >= 0.3 is 0 Å². The van der Waals surface area contributed by atoms with Crippen molar-refractivity contribution in [3.05, 3.63) is 22.9 Å². The summed E-state index contributed by atoms with van der Waals surface area (Å²) in [6.07, 6.45) is -2.73. The molecule has 1 aromatic heterocycles. The first-order valence-corrected chi connectivity index (χ1v) is 3.77. The van der Waals surface area contributed by atoms with Gasteiger partial charge < -0.3 is 11.5 Å². The third-order valence-electron chi connectivity index (χ3n) is 1.71. The highest BCUT2D eigenvalue weighted by molar-refractivity contribution is 5.48. The van der Waals surface area contributed by atoms with Crippen LogP contribution in [0.3, 0.4) is 0 Å². The second-order valence-electron chi connectivity index (χ2n) is 2.57. The number of nitriles is 1. The van der Waals surface area contributed by atoms with Crippen LogP contribution in [0.1, 0.15) is 23.2 Å². The molecule has 6 heteroatoms. The Kier molecular flexibility index (Phi) is 2.94. The van der Waals surface area contributed by atoms with Gasteiger partial charge in [0.25, 0.3) is 6.43 Å². The Labute approximate surface area is 79.1 Å². The summed E-state index contributed by atoms with van der Waals surface area (Å²) >= 11 is 0. The van der Waals surface area contributed by atoms with Crippen LogP contribution in [-0.2, 0) is 6.54 Å². The van der Waals surface area contributed by atoms with Crippen LogP contribution in [0.4, 0.5) is 14.6 Å². The number of anilines is 1. The van der Waals surface area contributed by atoms with Gasteiger partial charge in [0.05, 0.1) is 16.8 Å². The molecule has 0 aliphatic heterocycles. The van der Waals surface area contributed by atoms with Crippen molar-refractivity contribution < 1.29 is 8.78 Å². The van der Waals surface area contributed by atoms with Crippen molar-refractivity contribution in [1.82, 2.24) is 4.98 Å². The summed E-state index contributed by atoms with van der Waals surface area (Å²) in [6.45, 7) is -0.00336. The number of rotatable bonds is 2. The van der Waals surface area contributed by atoms with Gasteiger partial charge in [0.1, 0.15) is 11.9 Å². The average molecular weight is 198 g/mol. The lowest BCUT2D eigenvalue weighted by atomic mass is 10.1. The monoisotopic (exact) mass is 198 g/mol. The second kappa shape index (κ2) is 3.98. The van der Waals surface area contributed by atoms with E-state index < -0.39 is 12.0 Å². The summed E-state index contributed by atoms with van der Waals surface area (Å²) in [5.74, 6) is -0.278. The quantitative estimate of drug-likeness (QED) is 0.739. The van der Waals surface area contributed by atoms with E-state index >= 15 is 0 Å². The molecule has 1 aromatic rings. The van der Waals surface area contributed by atoms with Gasteiger partial charge in [-0.3, -0.25) is 0 Å². The van der Waals surface area contributed by atoms with E-state index in [4.69, 9.17) is 16.7 Å². The summed E-state index contributed by atoms with van der Waals surface area (Å²) in [4.78, 5) is 3.63. The van der Waals surface area contributed by atoms with Crippen molar-refractivity contribution in [2.75, 3.05) is 5.73 Å². The van der Waals surface area contributed by atoms with Crippen molar-refractivity contribution >= 4 is 5.82 Å². The van der Waals surface area contributed by atoms with Gasteiger partial charge in [0, 0.05) is 6.54 Å². The van der Waals surface area contributed by atoms with Crippen LogP contribution < -0.4 is 11.5 Å². The SMILES string of the molecule is N#Cc1cc(C(F)F)c(N)nc1CN. The number of hydrogen-bond donors (Lipinski definition) is 2. The standard InChI is InChI=1S/C8H8F2N4/c9-7(10)5-1-4(2-11)6(3-12)14-8(5)13/h1,7H,3,12H2,(H2,13,14). The normalized spacial score (nSPS) is 10.2. The molecule has 4 nitrogen and oxygen atoms in total. The van der Waals surface area contributed by atoms with Crippen LogP contribution in [0.25, 0.3) is 0 Å². The van der Waals surface area contributed by atoms with Crippen LogP contribution in [0.2, 0.25) is 0 Å². The van der Waals surface area contributed by atoms with Gasteiger partial charge in [-0.05, 0) is 6.07 Å². The number of nitrogens with zero attached hydrogens (tertiary/aromatic N) is 2. The molecule has 14 heavy (non-hydrogen) atoms. The van der Waals surface area contributed by atoms with E-state index in [1.807, 2.05) is 0 Å². The second-order valence-corrected chi connectivity index (χ2v) is 2.57. The Balaban J connectivity index is 3.32. The number of alkyl halides is 2. The maximum absolute atomic E-state index is 12.3. The van der Waals surface area contributed by atoms with E-state index in [0.717, 1.165) is 6.07 Å². The zero-order chi connectivity index (χ0) is 10.7. The van der Waals surface area contributed by atoms with Crippen molar-refractivity contribution in [3.8, 4) is 6.07 Å². The lowest BCUT2D eigenvalue weighted by molar-refractivity contribution is 0.152. The van der Waals surface area contributed by atoms with Crippen molar-refractivity contribution in [3.63, 3.8) is 0 Å². The molecule has 0 aliphatic carbocycles. The largest absolute Gasteiger partial charge is 0.383 e. The summed E-state index contributed by atoms with van der Waals surface area (Å²) in [5.41, 5.74) is 10.4. The minimum atomic E-state index is -2.73. The van der Waals surface area contributed by atoms with Gasteiger partial charge in [0.15, 0.2) is 0 Å². The van der Waals surface area contributed by atoms with Gasteiger partial charge in [-0.15, -0.1) is 0 Å². The van der Waals surface area contributed by atoms with E-state index in [0.29, 0.717) is 0 Å². The van der Waals surface area contributed by atoms with Crippen LogP contribution in [-0.4, -0.2) is 4.98 Å². The minimum Gasteiger partial charge on any atom is -0.383 e. The molecule has 0 radical (unpaired) electrons. The third kappa shape index (κ3) is 1.78. The van der Waals surface area contributed by atoms with Gasteiger partial charge in [-0.2, -0.15) is 5.26 Å². The number of hydrogen-bond acceptors (Lipinski definition) is 4. The Hall–Kier alpha value is -1.74. The Morgan fingerprint density at radius 3 is 2.64 bits per heavy atom. The first-order chi connectivity index (χ1) is 6.60. The molecular weight excluding hydrogens is 190 g/mol. The molecule has 0 unspecified atom stereocenters. The first-order valence-electron chi connectivity index (χ1n) is 3.77. The van der Waals surface area contributed by atoms with Gasteiger partial charge in [0.2, 0.25) is 0 Å². The molecular formula is C8H8F2N4. The fourth-order valence-electron chi connectivity index (χ4n) is 1.01. The summed E-state index contributed by atoms with van der Waals surface area (Å²) < 4.78 is 24.6. The van der Waals surface area contributed by atoms with Crippen LogP contribution in [0.5, 0.6) is 0 Å². The highest BCUT2D eigenvalue weighted by Gasteiger charge is 2.15. The van der Waals surface area contributed by atoms with Crippen LogP contribution in [0.15, 0.2) is 6.07 Å². The molecule has 1 rings (SSSR count). The molecule has 0 fully saturated rings. The lowest BCUT2D eigenvalue weighted by Gasteiger charge is -2.06. The maximum Gasteiger partial charge on any atom is 0.267 e. The smallest absolute Gasteiger partial charge is 0.267 e. The topological polar surface area (TPSA) is 88.7 Å². The predicted octanol–water partition coefficient (Wildman–Crippen LogP) is 0.932. The molecule has 0 amide bonds. The van der Waals surface area contributed by atoms with Gasteiger partial charge in [-0.1, -0.05) is 0 Å². The lowest BCUT2D eigenvalue weighted by Crippen LogP contribution is -2.08. The summed E-state index contributed by atoms with van der Waals surface area (Å²) in [5, 5.41) is 8.62. The van der Waals surface area contributed by atoms with Gasteiger partial charge in [-0.25, -0.2) is 13.8 Å². The highest BCUT2D eigenvalue weighted by Crippen LogP contribution is 2.25. The third-order valence-corrected chi connectivity index (χ3v) is 1.71. The van der Waals surface area contributed by atoms with E-state index in [9.17, 15) is 8.78 Å². The number of halogens is 2. The molecule has 74 valence electrons. The van der Waals surface area contributed by atoms with E-state index in [1.54, 1.807) is 6.07 Å². The summed E-state index contributed by atoms with van der Waals surface area (Å²) in [6, 6.07) is 2.76. The number of nitrogen functional groups attached to an aromatic ring is 1. The van der Waals surface area contributed by atoms with Crippen LogP contribution in [0, 0.1) is 11.3 Å². The molecule has 4 N–H and O–H groups in total. The fraction of sp³-hybridized carbons (Fsp3) is 0.250. The Morgan fingerprint density at radius 1 is 1.57 bits per heavy atom. The zero-order valence-electron chi connectivity index (χ0n) is 7.17. The molecule has 0 spiro atoms. The molecule has 0 atom stereocenters. The maximum atomic E-state index is 12.3. The molecule has 0 bridgehead atoms. The number of pyridine rings is 1.